The molecule has 0 N–H and O–H groups in total. The van der Waals surface area contributed by atoms with Crippen LogP contribution in [0.1, 0.15) is 11.1 Å². The zero-order chi connectivity index (χ0) is 18.4. The molecule has 0 saturated carbocycles. The summed E-state index contributed by atoms with van der Waals surface area (Å²) in [5.74, 6) is 0.750. The maximum absolute atomic E-state index is 12.7. The fraction of sp³-hybridized carbons (Fsp3) is 0.143. The van der Waals surface area contributed by atoms with Crippen LogP contribution in [0.25, 0.3) is 6.08 Å². The Hall–Kier alpha value is -2.37. The van der Waals surface area contributed by atoms with Gasteiger partial charge in [-0.2, -0.15) is 0 Å². The van der Waals surface area contributed by atoms with E-state index in [-0.39, 0.29) is 5.91 Å². The third kappa shape index (κ3) is 4.62. The molecule has 0 radical (unpaired) electrons. The second-order valence-electron chi connectivity index (χ2n) is 5.74. The summed E-state index contributed by atoms with van der Waals surface area (Å²) in [6.07, 6.45) is 4.36. The summed E-state index contributed by atoms with van der Waals surface area (Å²) >= 11 is 6.75. The highest BCUT2D eigenvalue weighted by Crippen LogP contribution is 2.32. The molecule has 1 aliphatic heterocycles. The summed E-state index contributed by atoms with van der Waals surface area (Å²) in [5.41, 5.74) is 2.14. The van der Waals surface area contributed by atoms with Crippen molar-refractivity contribution in [2.75, 3.05) is 13.2 Å². The van der Waals surface area contributed by atoms with Gasteiger partial charge in [-0.25, -0.2) is 0 Å². The third-order valence-corrected chi connectivity index (χ3v) is 5.26. The Morgan fingerprint density at radius 1 is 1.12 bits per heavy atom. The molecule has 5 heteroatoms. The molecule has 0 spiro atoms. The summed E-state index contributed by atoms with van der Waals surface area (Å²) in [6.45, 7) is 4.70. The quantitative estimate of drug-likeness (QED) is 0.395. The topological polar surface area (TPSA) is 29.5 Å². The van der Waals surface area contributed by atoms with Crippen molar-refractivity contribution in [1.29, 1.82) is 0 Å². The van der Waals surface area contributed by atoms with Gasteiger partial charge >= 0.3 is 0 Å². The van der Waals surface area contributed by atoms with Gasteiger partial charge in [-0.1, -0.05) is 79.1 Å². The van der Waals surface area contributed by atoms with E-state index >= 15 is 0 Å². The van der Waals surface area contributed by atoms with Gasteiger partial charge in [0.25, 0.3) is 5.91 Å². The van der Waals surface area contributed by atoms with Crippen LogP contribution in [0.5, 0.6) is 5.75 Å². The molecule has 3 nitrogen and oxygen atoms in total. The Morgan fingerprint density at radius 2 is 1.85 bits per heavy atom. The third-order valence-electron chi connectivity index (χ3n) is 3.89. The molecule has 1 saturated heterocycles. The predicted molar refractivity (Wildman–Crippen MR) is 112 cm³/mol. The zero-order valence-electron chi connectivity index (χ0n) is 14.3. The minimum Gasteiger partial charge on any atom is -0.490 e. The van der Waals surface area contributed by atoms with E-state index in [0.717, 1.165) is 17.7 Å². The van der Waals surface area contributed by atoms with Crippen molar-refractivity contribution in [3.8, 4) is 5.75 Å². The minimum atomic E-state index is -0.0251. The first-order valence-electron chi connectivity index (χ1n) is 8.30. The van der Waals surface area contributed by atoms with Gasteiger partial charge in [-0.05, 0) is 35.8 Å². The molecule has 1 fully saturated rings. The van der Waals surface area contributed by atoms with Gasteiger partial charge in [0.15, 0.2) is 0 Å². The molecular formula is C21H19NO2S2. The van der Waals surface area contributed by atoms with Crippen LogP contribution in [0, 0.1) is 0 Å². The number of thioether (sulfide) groups is 1. The first kappa shape index (κ1) is 18.4. The van der Waals surface area contributed by atoms with Crippen molar-refractivity contribution in [1.82, 2.24) is 4.90 Å². The van der Waals surface area contributed by atoms with Crippen molar-refractivity contribution < 1.29 is 9.53 Å². The van der Waals surface area contributed by atoms with Crippen LogP contribution in [-0.4, -0.2) is 28.3 Å². The fourth-order valence-electron chi connectivity index (χ4n) is 2.55. The lowest BCUT2D eigenvalue weighted by Crippen LogP contribution is -2.30. The SMILES string of the molecule is C=CCOc1ccc(/C=C2\SC(=S)N(CCc3ccccc3)C2=O)cc1. The average molecular weight is 382 g/mol. The van der Waals surface area contributed by atoms with Crippen LogP contribution in [0.4, 0.5) is 0 Å². The van der Waals surface area contributed by atoms with Crippen molar-refractivity contribution >= 4 is 40.3 Å². The van der Waals surface area contributed by atoms with Gasteiger partial charge in [0.2, 0.25) is 0 Å². The Morgan fingerprint density at radius 3 is 2.54 bits per heavy atom. The van der Waals surface area contributed by atoms with Gasteiger partial charge in [-0.15, -0.1) is 0 Å². The number of hydrogen-bond acceptors (Lipinski definition) is 4. The summed E-state index contributed by atoms with van der Waals surface area (Å²) in [5, 5.41) is 0. The molecule has 1 amide bonds. The number of benzene rings is 2. The summed E-state index contributed by atoms with van der Waals surface area (Å²) in [4.78, 5) is 15.0. The minimum absolute atomic E-state index is 0.0251. The van der Waals surface area contributed by atoms with Crippen LogP contribution in [-0.2, 0) is 11.2 Å². The molecule has 0 bridgehead atoms. The van der Waals surface area contributed by atoms with Gasteiger partial charge in [0.1, 0.15) is 16.7 Å². The van der Waals surface area contributed by atoms with Crippen molar-refractivity contribution in [3.63, 3.8) is 0 Å². The molecule has 2 aromatic rings. The van der Waals surface area contributed by atoms with Crippen LogP contribution >= 0.6 is 24.0 Å². The molecule has 0 aliphatic carbocycles. The zero-order valence-corrected chi connectivity index (χ0v) is 15.9. The summed E-state index contributed by atoms with van der Waals surface area (Å²) in [7, 11) is 0. The first-order valence-corrected chi connectivity index (χ1v) is 9.53. The second-order valence-corrected chi connectivity index (χ2v) is 7.41. The van der Waals surface area contributed by atoms with Crippen molar-refractivity contribution in [2.24, 2.45) is 0 Å². The second kappa shape index (κ2) is 8.83. The highest BCUT2D eigenvalue weighted by molar-refractivity contribution is 8.26. The van der Waals surface area contributed by atoms with E-state index in [4.69, 9.17) is 17.0 Å². The van der Waals surface area contributed by atoms with Crippen LogP contribution < -0.4 is 4.74 Å². The Labute approximate surface area is 163 Å². The Kier molecular flexibility index (Phi) is 6.26. The molecular weight excluding hydrogens is 362 g/mol. The van der Waals surface area contributed by atoms with Crippen molar-refractivity contribution in [3.05, 3.63) is 83.3 Å². The largest absolute Gasteiger partial charge is 0.490 e. The van der Waals surface area contributed by atoms with Gasteiger partial charge in [0.05, 0.1) is 4.91 Å². The van der Waals surface area contributed by atoms with Gasteiger partial charge in [-0.3, -0.25) is 9.69 Å². The number of rotatable bonds is 7. The fourth-order valence-corrected chi connectivity index (χ4v) is 3.85. The van der Waals surface area contributed by atoms with Crippen molar-refractivity contribution in [2.45, 2.75) is 6.42 Å². The molecule has 0 aromatic heterocycles. The normalized spacial score (nSPS) is 15.5. The molecule has 0 atom stereocenters. The monoisotopic (exact) mass is 381 g/mol. The molecule has 26 heavy (non-hydrogen) atoms. The molecule has 2 aromatic carbocycles. The predicted octanol–water partition coefficient (Wildman–Crippen LogP) is 4.70. The number of carbonyl (C=O) groups is 1. The smallest absolute Gasteiger partial charge is 0.266 e. The molecule has 3 rings (SSSR count). The van der Waals surface area contributed by atoms with E-state index in [0.29, 0.717) is 22.4 Å². The maximum atomic E-state index is 12.7. The number of amides is 1. The first-order chi connectivity index (χ1) is 12.7. The Balaban J connectivity index is 1.65. The van der Waals surface area contributed by atoms with E-state index < -0.39 is 0 Å². The number of hydrogen-bond donors (Lipinski definition) is 0. The summed E-state index contributed by atoms with van der Waals surface area (Å²) < 4.78 is 6.08. The van der Waals surface area contributed by atoms with Gasteiger partial charge < -0.3 is 4.74 Å². The summed E-state index contributed by atoms with van der Waals surface area (Å²) in [6, 6.07) is 17.7. The molecule has 1 heterocycles. The highest BCUT2D eigenvalue weighted by atomic mass is 32.2. The standard InChI is InChI=1S/C21H19NO2S2/c1-2-14-24-18-10-8-17(9-11-18)15-19-20(23)22(21(25)26-19)13-12-16-6-4-3-5-7-16/h2-11,15H,1,12-14H2/b19-15-. The van der Waals surface area contributed by atoms with Crippen LogP contribution in [0.2, 0.25) is 0 Å². The van der Waals surface area contributed by atoms with E-state index in [1.165, 1.54) is 17.3 Å². The maximum Gasteiger partial charge on any atom is 0.266 e. The van der Waals surface area contributed by atoms with Gasteiger partial charge in [0, 0.05) is 6.54 Å². The average Bonchev–Trinajstić information content (AvgIpc) is 2.93. The lowest BCUT2D eigenvalue weighted by atomic mass is 10.1. The molecule has 132 valence electrons. The number of thiocarbonyl (C=S) groups is 1. The van der Waals surface area contributed by atoms with E-state index in [9.17, 15) is 4.79 Å². The van der Waals surface area contributed by atoms with Crippen LogP contribution in [0.3, 0.4) is 0 Å². The van der Waals surface area contributed by atoms with E-state index in [1.54, 1.807) is 11.0 Å². The lowest BCUT2D eigenvalue weighted by molar-refractivity contribution is -0.122. The number of nitrogens with zero attached hydrogens (tertiary/aromatic N) is 1. The lowest BCUT2D eigenvalue weighted by Gasteiger charge is -2.14. The Bertz CT molecular complexity index is 829. The van der Waals surface area contributed by atoms with Crippen LogP contribution in [0.15, 0.2) is 72.2 Å². The molecule has 0 unspecified atom stereocenters. The van der Waals surface area contributed by atoms with E-state index in [1.807, 2.05) is 48.5 Å². The number of carbonyl (C=O) groups excluding carboxylic acids is 1. The number of ether oxygens (including phenoxy) is 1. The highest BCUT2D eigenvalue weighted by Gasteiger charge is 2.31. The van der Waals surface area contributed by atoms with E-state index in [2.05, 4.69) is 18.7 Å². The molecule has 1 aliphatic rings.